The van der Waals surface area contributed by atoms with Gasteiger partial charge in [0.2, 0.25) is 0 Å². The summed E-state index contributed by atoms with van der Waals surface area (Å²) >= 11 is 10.4. The van der Waals surface area contributed by atoms with Crippen LogP contribution in [-0.4, -0.2) is 12.4 Å². The molecule has 0 aliphatic carbocycles. The molecule has 0 aromatic heterocycles. The van der Waals surface area contributed by atoms with Gasteiger partial charge in [0.15, 0.2) is 0 Å². The summed E-state index contributed by atoms with van der Waals surface area (Å²) in [7, 11) is 0. The lowest BCUT2D eigenvalue weighted by Crippen LogP contribution is -2.28. The summed E-state index contributed by atoms with van der Waals surface area (Å²) in [5.41, 5.74) is 1.26. The van der Waals surface area contributed by atoms with Crippen LogP contribution in [0.1, 0.15) is 26.3 Å². The van der Waals surface area contributed by atoms with E-state index in [9.17, 15) is 0 Å². The maximum Gasteiger partial charge on any atom is 0.119 e. The zero-order valence-corrected chi connectivity index (χ0v) is 12.6. The number of aryl methyl sites for hydroxylation is 1. The SMILES string of the molecule is Cc1cc(OCC(CS)C(C)(C)C)ccc1Cl. The van der Waals surface area contributed by atoms with Gasteiger partial charge in [0.1, 0.15) is 5.75 Å². The van der Waals surface area contributed by atoms with Crippen molar-refractivity contribution >= 4 is 24.2 Å². The first-order valence-electron chi connectivity index (χ1n) is 5.84. The zero-order valence-electron chi connectivity index (χ0n) is 11.0. The number of rotatable bonds is 4. The van der Waals surface area contributed by atoms with Gasteiger partial charge >= 0.3 is 0 Å². The van der Waals surface area contributed by atoms with E-state index in [0.29, 0.717) is 12.5 Å². The van der Waals surface area contributed by atoms with Crippen LogP contribution in [0.2, 0.25) is 5.02 Å². The van der Waals surface area contributed by atoms with Crippen molar-refractivity contribution in [3.8, 4) is 5.75 Å². The second kappa shape index (κ2) is 6.01. The van der Waals surface area contributed by atoms with E-state index in [-0.39, 0.29) is 5.41 Å². The molecule has 0 spiro atoms. The average Bonchev–Trinajstić information content (AvgIpc) is 2.22. The Morgan fingerprint density at radius 3 is 2.47 bits per heavy atom. The minimum absolute atomic E-state index is 0.212. The third-order valence-electron chi connectivity index (χ3n) is 3.03. The summed E-state index contributed by atoms with van der Waals surface area (Å²) in [4.78, 5) is 0. The quantitative estimate of drug-likeness (QED) is 0.787. The van der Waals surface area contributed by atoms with Crippen molar-refractivity contribution in [1.82, 2.24) is 0 Å². The van der Waals surface area contributed by atoms with Crippen molar-refractivity contribution < 1.29 is 4.74 Å². The van der Waals surface area contributed by atoms with E-state index in [1.807, 2.05) is 25.1 Å². The number of hydrogen-bond donors (Lipinski definition) is 1. The Hall–Kier alpha value is -0.340. The summed E-state index contributed by atoms with van der Waals surface area (Å²) in [6.07, 6.45) is 0. The van der Waals surface area contributed by atoms with E-state index < -0.39 is 0 Å². The number of ether oxygens (including phenoxy) is 1. The normalized spacial score (nSPS) is 13.5. The lowest BCUT2D eigenvalue weighted by atomic mass is 9.82. The van der Waals surface area contributed by atoms with Crippen LogP contribution in [0, 0.1) is 18.3 Å². The molecule has 0 aliphatic rings. The summed E-state index contributed by atoms with van der Waals surface area (Å²) in [6.45, 7) is 9.31. The van der Waals surface area contributed by atoms with Gasteiger partial charge < -0.3 is 4.74 Å². The average molecular weight is 273 g/mol. The first-order chi connectivity index (χ1) is 7.84. The summed E-state index contributed by atoms with van der Waals surface area (Å²) in [5, 5.41) is 0.777. The van der Waals surface area contributed by atoms with Gasteiger partial charge in [-0.15, -0.1) is 0 Å². The van der Waals surface area contributed by atoms with Crippen LogP contribution in [-0.2, 0) is 0 Å². The molecule has 1 aromatic rings. The predicted octanol–water partition coefficient (Wildman–Crippen LogP) is 4.62. The number of thiol groups is 1. The van der Waals surface area contributed by atoms with Crippen molar-refractivity contribution in [1.29, 1.82) is 0 Å². The number of hydrogen-bond acceptors (Lipinski definition) is 2. The van der Waals surface area contributed by atoms with Crippen LogP contribution >= 0.6 is 24.2 Å². The molecular formula is C14H21ClOS. The molecule has 0 radical (unpaired) electrons. The standard InChI is InChI=1S/C14H21ClOS/c1-10-7-12(5-6-13(10)15)16-8-11(9-17)14(2,3)4/h5-7,11,17H,8-9H2,1-4H3. The van der Waals surface area contributed by atoms with Crippen LogP contribution in [0.5, 0.6) is 5.75 Å². The van der Waals surface area contributed by atoms with Gasteiger partial charge in [-0.25, -0.2) is 0 Å². The Morgan fingerprint density at radius 1 is 1.35 bits per heavy atom. The van der Waals surface area contributed by atoms with Crippen molar-refractivity contribution in [3.05, 3.63) is 28.8 Å². The highest BCUT2D eigenvalue weighted by Gasteiger charge is 2.23. The fourth-order valence-electron chi connectivity index (χ4n) is 1.48. The van der Waals surface area contributed by atoms with E-state index in [2.05, 4.69) is 33.4 Å². The Labute approximate surface area is 115 Å². The van der Waals surface area contributed by atoms with Crippen LogP contribution in [0.3, 0.4) is 0 Å². The third-order valence-corrected chi connectivity index (χ3v) is 3.89. The number of benzene rings is 1. The first-order valence-corrected chi connectivity index (χ1v) is 6.85. The molecule has 0 N–H and O–H groups in total. The monoisotopic (exact) mass is 272 g/mol. The fourth-order valence-corrected chi connectivity index (χ4v) is 2.25. The summed E-state index contributed by atoms with van der Waals surface area (Å²) in [6, 6.07) is 5.76. The van der Waals surface area contributed by atoms with E-state index >= 15 is 0 Å². The smallest absolute Gasteiger partial charge is 0.119 e. The molecule has 0 saturated heterocycles. The van der Waals surface area contributed by atoms with Crippen LogP contribution in [0.15, 0.2) is 18.2 Å². The van der Waals surface area contributed by atoms with Gasteiger partial charge in [0.25, 0.3) is 0 Å². The maximum atomic E-state index is 5.98. The summed E-state index contributed by atoms with van der Waals surface area (Å²) < 4.78 is 5.81. The molecule has 0 bridgehead atoms. The maximum absolute atomic E-state index is 5.98. The third kappa shape index (κ3) is 4.44. The van der Waals surface area contributed by atoms with E-state index in [0.717, 1.165) is 22.1 Å². The van der Waals surface area contributed by atoms with Crippen molar-refractivity contribution in [3.63, 3.8) is 0 Å². The Morgan fingerprint density at radius 2 is 2.00 bits per heavy atom. The molecule has 1 rings (SSSR count). The lowest BCUT2D eigenvalue weighted by molar-refractivity contribution is 0.165. The molecular weight excluding hydrogens is 252 g/mol. The molecule has 3 heteroatoms. The van der Waals surface area contributed by atoms with Crippen LogP contribution in [0.4, 0.5) is 0 Å². The molecule has 0 saturated carbocycles. The molecule has 0 fully saturated rings. The van der Waals surface area contributed by atoms with Crippen molar-refractivity contribution in [2.75, 3.05) is 12.4 Å². The molecule has 1 nitrogen and oxygen atoms in total. The highest BCUT2D eigenvalue weighted by atomic mass is 35.5. The number of halogens is 1. The molecule has 17 heavy (non-hydrogen) atoms. The first kappa shape index (κ1) is 14.7. The van der Waals surface area contributed by atoms with Crippen molar-refractivity contribution in [2.24, 2.45) is 11.3 Å². The fraction of sp³-hybridized carbons (Fsp3) is 0.571. The van der Waals surface area contributed by atoms with Gasteiger partial charge in [-0.1, -0.05) is 32.4 Å². The van der Waals surface area contributed by atoms with Crippen molar-refractivity contribution in [2.45, 2.75) is 27.7 Å². The molecule has 96 valence electrons. The molecule has 1 unspecified atom stereocenters. The molecule has 0 amide bonds. The second-order valence-corrected chi connectivity index (χ2v) is 6.24. The lowest BCUT2D eigenvalue weighted by Gasteiger charge is -2.29. The molecule has 0 aliphatic heterocycles. The minimum atomic E-state index is 0.212. The second-order valence-electron chi connectivity index (χ2n) is 5.47. The topological polar surface area (TPSA) is 9.23 Å². The highest BCUT2D eigenvalue weighted by molar-refractivity contribution is 7.80. The Bertz CT molecular complexity index is 371. The predicted molar refractivity (Wildman–Crippen MR) is 78.5 cm³/mol. The van der Waals surface area contributed by atoms with E-state index in [4.69, 9.17) is 16.3 Å². The van der Waals surface area contributed by atoms with E-state index in [1.54, 1.807) is 0 Å². The summed E-state index contributed by atoms with van der Waals surface area (Å²) in [5.74, 6) is 2.14. The highest BCUT2D eigenvalue weighted by Crippen LogP contribution is 2.28. The Kier molecular flexibility index (Phi) is 5.21. The van der Waals surface area contributed by atoms with Gasteiger partial charge in [-0.3, -0.25) is 0 Å². The van der Waals surface area contributed by atoms with E-state index in [1.165, 1.54) is 0 Å². The zero-order chi connectivity index (χ0) is 13.1. The largest absolute Gasteiger partial charge is 0.493 e. The van der Waals surface area contributed by atoms with Crippen LogP contribution < -0.4 is 4.74 Å². The van der Waals surface area contributed by atoms with Gasteiger partial charge in [0.05, 0.1) is 6.61 Å². The van der Waals surface area contributed by atoms with Crippen LogP contribution in [0.25, 0.3) is 0 Å². The molecule has 1 atom stereocenters. The Balaban J connectivity index is 2.63. The van der Waals surface area contributed by atoms with Gasteiger partial charge in [-0.05, 0) is 41.9 Å². The molecule has 1 aromatic carbocycles. The van der Waals surface area contributed by atoms with Gasteiger partial charge in [0, 0.05) is 10.9 Å². The minimum Gasteiger partial charge on any atom is -0.493 e. The molecule has 0 heterocycles. The van der Waals surface area contributed by atoms with Gasteiger partial charge in [-0.2, -0.15) is 12.6 Å².